The van der Waals surface area contributed by atoms with Crippen LogP contribution >= 0.6 is 0 Å². The van der Waals surface area contributed by atoms with E-state index in [9.17, 15) is 4.79 Å². The minimum Gasteiger partial charge on any atom is -0.340 e. The molecule has 2 unspecified atom stereocenters. The van der Waals surface area contributed by atoms with Crippen LogP contribution in [-0.4, -0.2) is 54.0 Å². The van der Waals surface area contributed by atoms with Crippen molar-refractivity contribution in [3.05, 3.63) is 12.2 Å². The molecule has 4 heteroatoms. The highest BCUT2D eigenvalue weighted by Crippen LogP contribution is 2.28. The van der Waals surface area contributed by atoms with Gasteiger partial charge in [0.25, 0.3) is 0 Å². The smallest absolute Gasteiger partial charge is 0.229 e. The Morgan fingerprint density at radius 1 is 1.12 bits per heavy atom. The zero-order valence-electron chi connectivity index (χ0n) is 10.2. The Kier molecular flexibility index (Phi) is 2.92. The molecule has 0 aromatic carbocycles. The van der Waals surface area contributed by atoms with Gasteiger partial charge in [-0.15, -0.1) is 0 Å². The summed E-state index contributed by atoms with van der Waals surface area (Å²) in [4.78, 5) is 16.8. The Bertz CT molecular complexity index is 330. The molecule has 94 valence electrons. The second kappa shape index (κ2) is 4.42. The lowest BCUT2D eigenvalue weighted by atomic mass is 10.1. The quantitative estimate of drug-likeness (QED) is 0.695. The van der Waals surface area contributed by atoms with Crippen molar-refractivity contribution in [3.63, 3.8) is 0 Å². The maximum absolute atomic E-state index is 12.2. The first-order valence-electron chi connectivity index (χ1n) is 6.71. The maximum Gasteiger partial charge on any atom is 0.229 e. The molecule has 1 aliphatic heterocycles. The van der Waals surface area contributed by atoms with Crippen molar-refractivity contribution in [1.29, 1.82) is 0 Å². The standard InChI is InChI=1S/C13H21N3O/c14-11-2-1-10(9-11)13(17)16-7-5-15(6-8-16)12-3-4-12/h1-2,10-12H,3-9,14H2. The maximum atomic E-state index is 12.2. The summed E-state index contributed by atoms with van der Waals surface area (Å²) in [5.74, 6) is 0.321. The summed E-state index contributed by atoms with van der Waals surface area (Å²) in [6.07, 6.45) is 7.45. The highest BCUT2D eigenvalue weighted by Gasteiger charge is 2.34. The third-order valence-corrected chi connectivity index (χ3v) is 4.12. The summed E-state index contributed by atoms with van der Waals surface area (Å²) in [6, 6.07) is 0.906. The lowest BCUT2D eigenvalue weighted by Gasteiger charge is -2.35. The van der Waals surface area contributed by atoms with E-state index < -0.39 is 0 Å². The van der Waals surface area contributed by atoms with Gasteiger partial charge in [0.15, 0.2) is 0 Å². The van der Waals surface area contributed by atoms with Gasteiger partial charge in [0.1, 0.15) is 0 Å². The molecule has 3 aliphatic rings. The first kappa shape index (κ1) is 11.2. The van der Waals surface area contributed by atoms with Crippen LogP contribution in [0.2, 0.25) is 0 Å². The van der Waals surface area contributed by atoms with Crippen molar-refractivity contribution in [3.8, 4) is 0 Å². The lowest BCUT2D eigenvalue weighted by Crippen LogP contribution is -2.50. The fourth-order valence-corrected chi connectivity index (χ4v) is 2.89. The number of amides is 1. The zero-order valence-corrected chi connectivity index (χ0v) is 10.2. The van der Waals surface area contributed by atoms with Crippen LogP contribution in [0.5, 0.6) is 0 Å². The molecule has 0 aromatic rings. The van der Waals surface area contributed by atoms with Gasteiger partial charge in [-0.25, -0.2) is 0 Å². The molecule has 2 fully saturated rings. The highest BCUT2D eigenvalue weighted by atomic mass is 16.2. The molecular formula is C13H21N3O. The summed E-state index contributed by atoms with van der Waals surface area (Å²) in [5, 5.41) is 0. The van der Waals surface area contributed by atoms with E-state index in [1.807, 2.05) is 17.1 Å². The van der Waals surface area contributed by atoms with Crippen LogP contribution in [0.25, 0.3) is 0 Å². The third-order valence-electron chi connectivity index (χ3n) is 4.12. The van der Waals surface area contributed by atoms with Gasteiger partial charge in [-0.05, 0) is 19.3 Å². The van der Waals surface area contributed by atoms with Gasteiger partial charge >= 0.3 is 0 Å². The average Bonchev–Trinajstić information content (AvgIpc) is 3.11. The molecule has 1 heterocycles. The number of nitrogens with zero attached hydrogens (tertiary/aromatic N) is 2. The molecule has 1 amide bonds. The van der Waals surface area contributed by atoms with E-state index in [1.54, 1.807) is 0 Å². The van der Waals surface area contributed by atoms with Crippen molar-refractivity contribution in [2.75, 3.05) is 26.2 Å². The van der Waals surface area contributed by atoms with Crippen molar-refractivity contribution in [2.24, 2.45) is 11.7 Å². The van der Waals surface area contributed by atoms with Crippen LogP contribution in [0.3, 0.4) is 0 Å². The first-order valence-corrected chi connectivity index (χ1v) is 6.71. The summed E-state index contributed by atoms with van der Waals surface area (Å²) >= 11 is 0. The number of carbonyl (C=O) groups excluding carboxylic acids is 1. The van der Waals surface area contributed by atoms with Gasteiger partial charge in [0, 0.05) is 38.3 Å². The van der Waals surface area contributed by atoms with E-state index in [2.05, 4.69) is 4.90 Å². The van der Waals surface area contributed by atoms with E-state index in [4.69, 9.17) is 5.73 Å². The number of piperazine rings is 1. The van der Waals surface area contributed by atoms with Crippen LogP contribution in [0.1, 0.15) is 19.3 Å². The molecule has 2 atom stereocenters. The first-order chi connectivity index (χ1) is 8.24. The van der Waals surface area contributed by atoms with Crippen LogP contribution in [0, 0.1) is 5.92 Å². The summed E-state index contributed by atoms with van der Waals surface area (Å²) < 4.78 is 0. The summed E-state index contributed by atoms with van der Waals surface area (Å²) in [7, 11) is 0. The predicted molar refractivity (Wildman–Crippen MR) is 66.4 cm³/mol. The molecule has 0 radical (unpaired) electrons. The van der Waals surface area contributed by atoms with Gasteiger partial charge in [-0.2, -0.15) is 0 Å². The molecule has 1 saturated carbocycles. The zero-order chi connectivity index (χ0) is 11.8. The van der Waals surface area contributed by atoms with Crippen molar-refractivity contribution in [1.82, 2.24) is 9.80 Å². The largest absolute Gasteiger partial charge is 0.340 e. The van der Waals surface area contributed by atoms with Crippen LogP contribution < -0.4 is 5.73 Å². The van der Waals surface area contributed by atoms with Crippen molar-refractivity contribution in [2.45, 2.75) is 31.3 Å². The number of rotatable bonds is 2. The Labute approximate surface area is 102 Å². The molecule has 4 nitrogen and oxygen atoms in total. The topological polar surface area (TPSA) is 49.6 Å². The Hall–Kier alpha value is -0.870. The second-order valence-corrected chi connectivity index (χ2v) is 5.48. The fraction of sp³-hybridized carbons (Fsp3) is 0.769. The molecular weight excluding hydrogens is 214 g/mol. The lowest BCUT2D eigenvalue weighted by molar-refractivity contribution is -0.135. The van der Waals surface area contributed by atoms with Gasteiger partial charge in [-0.3, -0.25) is 9.69 Å². The average molecular weight is 235 g/mol. The molecule has 0 spiro atoms. The molecule has 17 heavy (non-hydrogen) atoms. The van der Waals surface area contributed by atoms with E-state index in [-0.39, 0.29) is 17.9 Å². The van der Waals surface area contributed by atoms with Gasteiger partial charge in [0.05, 0.1) is 5.92 Å². The van der Waals surface area contributed by atoms with E-state index in [1.165, 1.54) is 12.8 Å². The van der Waals surface area contributed by atoms with Crippen molar-refractivity contribution < 1.29 is 4.79 Å². The molecule has 0 bridgehead atoms. The molecule has 1 saturated heterocycles. The van der Waals surface area contributed by atoms with Gasteiger partial charge in [0.2, 0.25) is 5.91 Å². The number of hydrogen-bond donors (Lipinski definition) is 1. The Morgan fingerprint density at radius 2 is 1.82 bits per heavy atom. The Morgan fingerprint density at radius 3 is 2.35 bits per heavy atom. The van der Waals surface area contributed by atoms with Gasteiger partial charge < -0.3 is 10.6 Å². The minimum absolute atomic E-state index is 0.0393. The fourth-order valence-electron chi connectivity index (χ4n) is 2.89. The summed E-state index contributed by atoms with van der Waals surface area (Å²) in [6.45, 7) is 3.90. The van der Waals surface area contributed by atoms with E-state index in [0.29, 0.717) is 0 Å². The third kappa shape index (κ3) is 2.38. The Balaban J connectivity index is 1.52. The molecule has 0 aromatic heterocycles. The monoisotopic (exact) mass is 235 g/mol. The van der Waals surface area contributed by atoms with Gasteiger partial charge in [-0.1, -0.05) is 12.2 Å². The van der Waals surface area contributed by atoms with E-state index >= 15 is 0 Å². The van der Waals surface area contributed by atoms with Crippen LogP contribution in [-0.2, 0) is 4.79 Å². The minimum atomic E-state index is 0.0393. The summed E-state index contributed by atoms with van der Waals surface area (Å²) in [5.41, 5.74) is 5.80. The normalized spacial score (nSPS) is 34.3. The molecule has 2 aliphatic carbocycles. The molecule has 2 N–H and O–H groups in total. The number of carbonyl (C=O) groups is 1. The van der Waals surface area contributed by atoms with E-state index in [0.717, 1.165) is 38.6 Å². The number of nitrogens with two attached hydrogens (primary N) is 1. The van der Waals surface area contributed by atoms with Crippen molar-refractivity contribution >= 4 is 5.91 Å². The second-order valence-electron chi connectivity index (χ2n) is 5.48. The van der Waals surface area contributed by atoms with Crippen LogP contribution in [0.4, 0.5) is 0 Å². The van der Waals surface area contributed by atoms with Crippen LogP contribution in [0.15, 0.2) is 12.2 Å². The predicted octanol–water partition coefficient (Wildman–Crippen LogP) is 0.196. The highest BCUT2D eigenvalue weighted by molar-refractivity contribution is 5.81. The molecule has 3 rings (SSSR count). The number of hydrogen-bond acceptors (Lipinski definition) is 3. The SMILES string of the molecule is NC1C=CC(C(=O)N2CCN(C3CC3)CC2)C1.